The molecular formula is C17H25N3O3S. The number of carbonyl (C=O) groups excluding carboxylic acids is 3. The lowest BCUT2D eigenvalue weighted by Gasteiger charge is -2.33. The molecule has 1 unspecified atom stereocenters. The lowest BCUT2D eigenvalue weighted by molar-refractivity contribution is -0.143. The summed E-state index contributed by atoms with van der Waals surface area (Å²) in [6.45, 7) is 5.41. The highest BCUT2D eigenvalue weighted by molar-refractivity contribution is 7.99. The molecule has 2 saturated heterocycles. The minimum Gasteiger partial charge on any atom is -0.354 e. The fourth-order valence-corrected chi connectivity index (χ4v) is 4.44. The van der Waals surface area contributed by atoms with Crippen LogP contribution in [0, 0.1) is 11.8 Å². The van der Waals surface area contributed by atoms with E-state index < -0.39 is 0 Å². The van der Waals surface area contributed by atoms with Gasteiger partial charge in [0, 0.05) is 31.3 Å². The van der Waals surface area contributed by atoms with Gasteiger partial charge >= 0.3 is 0 Å². The van der Waals surface area contributed by atoms with Crippen LogP contribution in [-0.4, -0.2) is 64.8 Å². The highest BCUT2D eigenvalue weighted by Gasteiger charge is 2.39. The maximum absolute atomic E-state index is 12.8. The largest absolute Gasteiger partial charge is 0.354 e. The van der Waals surface area contributed by atoms with E-state index in [0.29, 0.717) is 43.5 Å². The zero-order valence-electron chi connectivity index (χ0n) is 13.9. The van der Waals surface area contributed by atoms with Crippen molar-refractivity contribution in [3.8, 4) is 0 Å². The molecule has 2 aliphatic heterocycles. The molecule has 3 rings (SSSR count). The van der Waals surface area contributed by atoms with Crippen LogP contribution in [0.1, 0.15) is 25.7 Å². The summed E-state index contributed by atoms with van der Waals surface area (Å²) in [6.07, 6.45) is 5.04. The molecule has 7 heteroatoms. The Morgan fingerprint density at radius 3 is 2.50 bits per heavy atom. The van der Waals surface area contributed by atoms with Crippen LogP contribution in [0.15, 0.2) is 12.7 Å². The molecule has 3 fully saturated rings. The predicted molar refractivity (Wildman–Crippen MR) is 93.2 cm³/mol. The first-order valence-corrected chi connectivity index (χ1v) is 9.83. The molecule has 1 N–H and O–H groups in total. The number of nitrogens with zero attached hydrogens (tertiary/aromatic N) is 2. The second-order valence-electron chi connectivity index (χ2n) is 6.82. The summed E-state index contributed by atoms with van der Waals surface area (Å²) in [4.78, 5) is 40.3. The Kier molecular flexibility index (Phi) is 5.48. The number of piperidine rings is 1. The van der Waals surface area contributed by atoms with Gasteiger partial charge in [0.15, 0.2) is 0 Å². The second-order valence-corrected chi connectivity index (χ2v) is 7.82. The molecule has 0 spiro atoms. The van der Waals surface area contributed by atoms with Crippen LogP contribution in [-0.2, 0) is 14.4 Å². The molecule has 0 aromatic heterocycles. The smallest absolute Gasteiger partial charge is 0.245 e. The summed E-state index contributed by atoms with van der Waals surface area (Å²) < 4.78 is 0. The topological polar surface area (TPSA) is 69.7 Å². The molecule has 0 bridgehead atoms. The number of amides is 3. The van der Waals surface area contributed by atoms with Crippen molar-refractivity contribution in [2.75, 3.05) is 31.3 Å². The molecule has 0 aromatic rings. The van der Waals surface area contributed by atoms with Crippen LogP contribution in [0.25, 0.3) is 0 Å². The predicted octanol–water partition coefficient (Wildman–Crippen LogP) is 0.839. The Balaban J connectivity index is 1.52. The molecule has 1 atom stereocenters. The fraction of sp³-hybridized carbons (Fsp3) is 0.706. The molecule has 3 aliphatic rings. The lowest BCUT2D eigenvalue weighted by Crippen LogP contribution is -2.51. The number of nitrogens with one attached hydrogen (secondary N) is 1. The first-order valence-electron chi connectivity index (χ1n) is 8.67. The van der Waals surface area contributed by atoms with Crippen molar-refractivity contribution in [3.63, 3.8) is 0 Å². The Morgan fingerprint density at radius 2 is 1.88 bits per heavy atom. The van der Waals surface area contributed by atoms with E-state index in [1.165, 1.54) is 18.9 Å². The molecule has 3 amide bonds. The third-order valence-electron chi connectivity index (χ3n) is 5.06. The number of hydrogen-bond donors (Lipinski definition) is 1. The average molecular weight is 351 g/mol. The lowest BCUT2D eigenvalue weighted by atomic mass is 9.94. The van der Waals surface area contributed by atoms with E-state index in [0.717, 1.165) is 6.54 Å². The summed E-state index contributed by atoms with van der Waals surface area (Å²) in [7, 11) is 0. The summed E-state index contributed by atoms with van der Waals surface area (Å²) in [5.74, 6) is 1.80. The Labute approximate surface area is 147 Å². The molecule has 1 aliphatic carbocycles. The molecule has 2 heterocycles. The Hall–Kier alpha value is -1.50. The highest BCUT2D eigenvalue weighted by atomic mass is 32.2. The van der Waals surface area contributed by atoms with Gasteiger partial charge in [-0.15, -0.1) is 11.8 Å². The van der Waals surface area contributed by atoms with Crippen molar-refractivity contribution < 1.29 is 14.4 Å². The number of carbonyl (C=O) groups is 3. The zero-order chi connectivity index (χ0) is 17.1. The van der Waals surface area contributed by atoms with Crippen LogP contribution in [0.5, 0.6) is 0 Å². The van der Waals surface area contributed by atoms with Crippen LogP contribution in [0.4, 0.5) is 0 Å². The van der Waals surface area contributed by atoms with E-state index in [4.69, 9.17) is 0 Å². The van der Waals surface area contributed by atoms with Crippen molar-refractivity contribution in [1.29, 1.82) is 0 Å². The standard InChI is InChI=1S/C17H25N3O3S/c1-2-15(21)19-7-5-13(6-8-19)17(23)20-11-24-10-14(20)16(22)18-9-12-3-4-12/h2,12-14H,1,3-11H2,(H,18,22). The van der Waals surface area contributed by atoms with Gasteiger partial charge in [-0.2, -0.15) is 0 Å². The van der Waals surface area contributed by atoms with E-state index >= 15 is 0 Å². The maximum atomic E-state index is 12.8. The monoisotopic (exact) mass is 351 g/mol. The van der Waals surface area contributed by atoms with Gasteiger partial charge in [-0.25, -0.2) is 0 Å². The van der Waals surface area contributed by atoms with Gasteiger partial charge < -0.3 is 15.1 Å². The highest BCUT2D eigenvalue weighted by Crippen LogP contribution is 2.29. The molecule has 24 heavy (non-hydrogen) atoms. The summed E-state index contributed by atoms with van der Waals surface area (Å²) in [6, 6.07) is -0.339. The van der Waals surface area contributed by atoms with E-state index in [9.17, 15) is 14.4 Å². The van der Waals surface area contributed by atoms with Crippen molar-refractivity contribution in [3.05, 3.63) is 12.7 Å². The molecular weight excluding hydrogens is 326 g/mol. The van der Waals surface area contributed by atoms with E-state index in [1.807, 2.05) is 0 Å². The molecule has 6 nitrogen and oxygen atoms in total. The minimum atomic E-state index is -0.339. The third-order valence-corrected chi connectivity index (χ3v) is 6.07. The third kappa shape index (κ3) is 3.94. The number of rotatable bonds is 5. The number of hydrogen-bond acceptors (Lipinski definition) is 4. The Morgan fingerprint density at radius 1 is 1.17 bits per heavy atom. The molecule has 1 saturated carbocycles. The van der Waals surface area contributed by atoms with Gasteiger partial charge in [0.1, 0.15) is 6.04 Å². The fourth-order valence-electron chi connectivity index (χ4n) is 3.27. The number of thioether (sulfide) groups is 1. The maximum Gasteiger partial charge on any atom is 0.245 e. The second kappa shape index (κ2) is 7.59. The molecule has 0 radical (unpaired) electrons. The van der Waals surface area contributed by atoms with Gasteiger partial charge in [0.2, 0.25) is 17.7 Å². The van der Waals surface area contributed by atoms with Crippen molar-refractivity contribution >= 4 is 29.5 Å². The van der Waals surface area contributed by atoms with Gasteiger partial charge in [0.25, 0.3) is 0 Å². The van der Waals surface area contributed by atoms with E-state index in [-0.39, 0.29) is 29.7 Å². The van der Waals surface area contributed by atoms with Gasteiger partial charge in [0.05, 0.1) is 5.88 Å². The quantitative estimate of drug-likeness (QED) is 0.745. The van der Waals surface area contributed by atoms with E-state index in [1.54, 1.807) is 21.6 Å². The normalized spacial score (nSPS) is 24.8. The summed E-state index contributed by atoms with van der Waals surface area (Å²) >= 11 is 1.64. The van der Waals surface area contributed by atoms with Gasteiger partial charge in [-0.3, -0.25) is 14.4 Å². The summed E-state index contributed by atoms with van der Waals surface area (Å²) in [5.41, 5.74) is 0. The van der Waals surface area contributed by atoms with Crippen LogP contribution in [0.2, 0.25) is 0 Å². The first-order chi connectivity index (χ1) is 11.6. The summed E-state index contributed by atoms with van der Waals surface area (Å²) in [5, 5.41) is 2.99. The SMILES string of the molecule is C=CC(=O)N1CCC(C(=O)N2CSCC2C(=O)NCC2CC2)CC1. The van der Waals surface area contributed by atoms with Crippen LogP contribution >= 0.6 is 11.8 Å². The van der Waals surface area contributed by atoms with Crippen molar-refractivity contribution in [1.82, 2.24) is 15.1 Å². The van der Waals surface area contributed by atoms with Gasteiger partial charge in [-0.1, -0.05) is 6.58 Å². The Bertz CT molecular complexity index is 527. The minimum absolute atomic E-state index is 0.0143. The van der Waals surface area contributed by atoms with Crippen molar-refractivity contribution in [2.45, 2.75) is 31.7 Å². The molecule has 132 valence electrons. The average Bonchev–Trinajstić information content (AvgIpc) is 3.32. The van der Waals surface area contributed by atoms with Gasteiger partial charge in [-0.05, 0) is 37.7 Å². The molecule has 0 aromatic carbocycles. The van der Waals surface area contributed by atoms with Crippen LogP contribution in [0.3, 0.4) is 0 Å². The zero-order valence-corrected chi connectivity index (χ0v) is 14.7. The first kappa shape index (κ1) is 17.3. The van der Waals surface area contributed by atoms with E-state index in [2.05, 4.69) is 11.9 Å². The number of likely N-dealkylation sites (tertiary alicyclic amines) is 1. The van der Waals surface area contributed by atoms with Crippen LogP contribution < -0.4 is 5.32 Å². The van der Waals surface area contributed by atoms with Crippen molar-refractivity contribution in [2.24, 2.45) is 11.8 Å².